The summed E-state index contributed by atoms with van der Waals surface area (Å²) in [6.45, 7) is 13.2. The SMILES string of the molecule is C/C(=C\CC(C)(F)F)c1ccc(C(N)=O)c(O)c1.C/C=C(F)\C=C(/C)F.CC.CC. The molecule has 0 fully saturated rings. The zero-order valence-electron chi connectivity index (χ0n) is 19.1. The predicted molar refractivity (Wildman–Crippen MR) is 118 cm³/mol. The Labute approximate surface area is 178 Å². The van der Waals surface area contributed by atoms with Gasteiger partial charge in [0.25, 0.3) is 5.91 Å². The highest BCUT2D eigenvalue weighted by Gasteiger charge is 2.19. The van der Waals surface area contributed by atoms with Gasteiger partial charge in [0, 0.05) is 12.5 Å². The van der Waals surface area contributed by atoms with Crippen LogP contribution in [-0.4, -0.2) is 16.9 Å². The molecule has 172 valence electrons. The van der Waals surface area contributed by atoms with Crippen LogP contribution in [0.4, 0.5) is 17.6 Å². The molecule has 3 N–H and O–H groups in total. The van der Waals surface area contributed by atoms with E-state index in [1.165, 1.54) is 38.1 Å². The molecule has 0 saturated carbocycles. The smallest absolute Gasteiger partial charge is 0.252 e. The van der Waals surface area contributed by atoms with Crippen LogP contribution in [0.5, 0.6) is 5.75 Å². The van der Waals surface area contributed by atoms with Crippen LogP contribution in [0.3, 0.4) is 0 Å². The third kappa shape index (κ3) is 16.4. The summed E-state index contributed by atoms with van der Waals surface area (Å²) in [5.74, 6) is -4.81. The number of benzene rings is 1. The van der Waals surface area contributed by atoms with E-state index >= 15 is 0 Å². The Balaban J connectivity index is -0.000000510. The van der Waals surface area contributed by atoms with E-state index < -0.39 is 23.5 Å². The topological polar surface area (TPSA) is 63.3 Å². The van der Waals surface area contributed by atoms with E-state index in [2.05, 4.69) is 0 Å². The lowest BCUT2D eigenvalue weighted by atomic mass is 10.0. The van der Waals surface area contributed by atoms with E-state index in [1.807, 2.05) is 27.7 Å². The molecule has 0 aliphatic rings. The number of carbonyl (C=O) groups is 1. The summed E-state index contributed by atoms with van der Waals surface area (Å²) in [4.78, 5) is 10.9. The molecule has 1 rings (SSSR count). The van der Waals surface area contributed by atoms with Gasteiger partial charge in [-0.2, -0.15) is 0 Å². The molecule has 1 aromatic rings. The van der Waals surface area contributed by atoms with Gasteiger partial charge in [-0.3, -0.25) is 4.79 Å². The number of allylic oxidation sites excluding steroid dienone is 6. The highest BCUT2D eigenvalue weighted by molar-refractivity contribution is 5.96. The first-order valence-corrected chi connectivity index (χ1v) is 9.70. The van der Waals surface area contributed by atoms with Crippen molar-refractivity contribution in [2.24, 2.45) is 5.73 Å². The Morgan fingerprint density at radius 3 is 1.93 bits per heavy atom. The number of hydrogen-bond acceptors (Lipinski definition) is 2. The molecule has 0 saturated heterocycles. The van der Waals surface area contributed by atoms with Gasteiger partial charge in [0.1, 0.15) is 11.6 Å². The molecule has 0 aliphatic heterocycles. The van der Waals surface area contributed by atoms with Crippen molar-refractivity contribution in [2.75, 3.05) is 0 Å². The summed E-state index contributed by atoms with van der Waals surface area (Å²) in [6, 6.07) is 4.26. The fourth-order valence-corrected chi connectivity index (χ4v) is 1.71. The lowest BCUT2D eigenvalue weighted by Crippen LogP contribution is -2.11. The molecule has 0 radical (unpaired) electrons. The van der Waals surface area contributed by atoms with E-state index in [-0.39, 0.29) is 17.7 Å². The number of rotatable bonds is 5. The molecule has 1 amide bonds. The van der Waals surface area contributed by atoms with Crippen molar-refractivity contribution in [3.63, 3.8) is 0 Å². The molecule has 30 heavy (non-hydrogen) atoms. The van der Waals surface area contributed by atoms with Crippen LogP contribution in [0.1, 0.15) is 77.7 Å². The quantitative estimate of drug-likeness (QED) is 0.369. The van der Waals surface area contributed by atoms with E-state index in [0.717, 1.165) is 13.0 Å². The van der Waals surface area contributed by atoms with Crippen molar-refractivity contribution in [1.29, 1.82) is 0 Å². The van der Waals surface area contributed by atoms with Crippen LogP contribution in [0.2, 0.25) is 0 Å². The summed E-state index contributed by atoms with van der Waals surface area (Å²) in [6.07, 6.45) is 3.04. The Morgan fingerprint density at radius 2 is 1.63 bits per heavy atom. The second-order valence-corrected chi connectivity index (χ2v) is 5.66. The number of alkyl halides is 2. The largest absolute Gasteiger partial charge is 0.507 e. The molecule has 0 aromatic heterocycles. The fraction of sp³-hybridized carbons (Fsp3) is 0.435. The highest BCUT2D eigenvalue weighted by atomic mass is 19.3. The Hall–Kier alpha value is -2.57. The normalized spacial score (nSPS) is 11.8. The number of hydrogen-bond donors (Lipinski definition) is 2. The first-order chi connectivity index (χ1) is 13.9. The van der Waals surface area contributed by atoms with Gasteiger partial charge >= 0.3 is 0 Å². The van der Waals surface area contributed by atoms with Crippen LogP contribution >= 0.6 is 0 Å². The molecular weight excluding hydrogens is 398 g/mol. The van der Waals surface area contributed by atoms with E-state index in [9.17, 15) is 27.5 Å². The second kappa shape index (κ2) is 17.3. The number of amides is 1. The van der Waals surface area contributed by atoms with Crippen molar-refractivity contribution < 1.29 is 27.5 Å². The lowest BCUT2D eigenvalue weighted by molar-refractivity contribution is 0.0256. The summed E-state index contributed by atoms with van der Waals surface area (Å²) in [7, 11) is 0. The maximum atomic E-state index is 12.7. The number of halogens is 4. The molecule has 7 heteroatoms. The van der Waals surface area contributed by atoms with Gasteiger partial charge in [-0.15, -0.1) is 0 Å². The first kappa shape index (κ1) is 32.1. The van der Waals surface area contributed by atoms with Crippen molar-refractivity contribution in [3.8, 4) is 5.75 Å². The minimum atomic E-state index is -2.77. The Kier molecular flexibility index (Phi) is 18.5. The van der Waals surface area contributed by atoms with E-state index in [4.69, 9.17) is 5.73 Å². The van der Waals surface area contributed by atoms with Crippen LogP contribution < -0.4 is 5.73 Å². The van der Waals surface area contributed by atoms with E-state index in [1.54, 1.807) is 13.0 Å². The molecule has 0 heterocycles. The molecule has 0 bridgehead atoms. The van der Waals surface area contributed by atoms with Crippen LogP contribution in [0.15, 0.2) is 48.1 Å². The first-order valence-electron chi connectivity index (χ1n) is 9.70. The number of aromatic hydroxyl groups is 1. The molecular formula is C23H35F4NO2. The third-order valence-corrected chi connectivity index (χ3v) is 3.10. The maximum absolute atomic E-state index is 12.7. The minimum absolute atomic E-state index is 0.00683. The van der Waals surface area contributed by atoms with E-state index in [0.29, 0.717) is 11.1 Å². The van der Waals surface area contributed by atoms with Gasteiger partial charge < -0.3 is 10.8 Å². The van der Waals surface area contributed by atoms with Crippen molar-refractivity contribution in [3.05, 3.63) is 59.2 Å². The summed E-state index contributed by atoms with van der Waals surface area (Å²) >= 11 is 0. The van der Waals surface area contributed by atoms with Gasteiger partial charge in [0.15, 0.2) is 0 Å². The molecule has 0 spiro atoms. The standard InChI is InChI=1S/C13H15F2NO2.C6H8F2.2C2H6/c1-8(5-6-13(2,14)15)9-3-4-10(12(16)18)11(17)7-9;1-3-6(8)4-5(2)7;2*1-2/h3-5,7,17H,6H2,1-2H3,(H2,16,18);3-4H,1-2H3;2*1-2H3/b8-5+;5-4+,6-3+;;. The van der Waals surface area contributed by atoms with Gasteiger partial charge in [-0.1, -0.05) is 45.9 Å². The van der Waals surface area contributed by atoms with Crippen LogP contribution in [0, 0.1) is 0 Å². The summed E-state index contributed by atoms with van der Waals surface area (Å²) in [5.41, 5.74) is 6.22. The summed E-state index contributed by atoms with van der Waals surface area (Å²) in [5, 5.41) is 9.56. The monoisotopic (exact) mass is 433 g/mol. The van der Waals surface area contributed by atoms with Gasteiger partial charge in [-0.25, -0.2) is 17.6 Å². The minimum Gasteiger partial charge on any atom is -0.507 e. The molecule has 0 atom stereocenters. The van der Waals surface area contributed by atoms with Crippen molar-refractivity contribution in [1.82, 2.24) is 0 Å². The molecule has 0 unspecified atom stereocenters. The van der Waals surface area contributed by atoms with Crippen LogP contribution in [-0.2, 0) is 0 Å². The number of phenols is 1. The average Bonchev–Trinajstić information content (AvgIpc) is 2.68. The summed E-state index contributed by atoms with van der Waals surface area (Å²) < 4.78 is 49.0. The van der Waals surface area contributed by atoms with Crippen molar-refractivity contribution >= 4 is 11.5 Å². The van der Waals surface area contributed by atoms with Gasteiger partial charge in [0.05, 0.1) is 11.4 Å². The second-order valence-electron chi connectivity index (χ2n) is 5.66. The molecule has 0 aliphatic carbocycles. The van der Waals surface area contributed by atoms with Crippen molar-refractivity contribution in [2.45, 2.75) is 67.7 Å². The zero-order valence-corrected chi connectivity index (χ0v) is 19.1. The maximum Gasteiger partial charge on any atom is 0.252 e. The number of carbonyl (C=O) groups excluding carboxylic acids is 1. The number of primary amides is 1. The Bertz CT molecular complexity index is 714. The molecule has 1 aromatic carbocycles. The van der Waals surface area contributed by atoms with Gasteiger partial charge in [-0.05, 0) is 51.0 Å². The number of nitrogens with two attached hydrogens (primary N) is 1. The highest BCUT2D eigenvalue weighted by Crippen LogP contribution is 2.25. The zero-order chi connectivity index (χ0) is 24.5. The van der Waals surface area contributed by atoms with Crippen LogP contribution in [0.25, 0.3) is 5.57 Å². The average molecular weight is 434 g/mol. The third-order valence-electron chi connectivity index (χ3n) is 3.10. The lowest BCUT2D eigenvalue weighted by Gasteiger charge is -2.09. The fourth-order valence-electron chi connectivity index (χ4n) is 1.71. The predicted octanol–water partition coefficient (Wildman–Crippen LogP) is 7.73. The van der Waals surface area contributed by atoms with Gasteiger partial charge in [0.2, 0.25) is 5.92 Å². The molecule has 3 nitrogen and oxygen atoms in total. The Morgan fingerprint density at radius 1 is 1.13 bits per heavy atom.